The van der Waals surface area contributed by atoms with Crippen molar-refractivity contribution in [3.05, 3.63) is 23.5 Å². The van der Waals surface area contributed by atoms with Gasteiger partial charge in [0.05, 0.1) is 11.3 Å². The highest BCUT2D eigenvalue weighted by molar-refractivity contribution is 5.99. The van der Waals surface area contributed by atoms with Crippen molar-refractivity contribution in [2.45, 2.75) is 39.7 Å². The van der Waals surface area contributed by atoms with E-state index >= 15 is 0 Å². The van der Waals surface area contributed by atoms with Gasteiger partial charge in [0.25, 0.3) is 5.91 Å². The lowest BCUT2D eigenvalue weighted by Gasteiger charge is -2.25. The van der Waals surface area contributed by atoms with Crippen molar-refractivity contribution in [3.8, 4) is 0 Å². The molecule has 0 spiro atoms. The first-order valence-corrected chi connectivity index (χ1v) is 6.77. The topological polar surface area (TPSA) is 71.2 Å². The number of hydrogen-bond donors (Lipinski definition) is 2. The molecule has 0 aliphatic heterocycles. The molecule has 1 aromatic rings. The van der Waals surface area contributed by atoms with E-state index in [1.54, 1.807) is 12.3 Å². The van der Waals surface area contributed by atoms with Crippen LogP contribution < -0.4 is 11.3 Å². The Morgan fingerprint density at radius 2 is 2.26 bits per heavy atom. The second-order valence-electron chi connectivity index (χ2n) is 5.60. The summed E-state index contributed by atoms with van der Waals surface area (Å²) in [6.07, 6.45) is 3.81. The highest BCUT2D eigenvalue weighted by Gasteiger charge is 2.34. The molecule has 104 valence electrons. The van der Waals surface area contributed by atoms with Crippen LogP contribution in [0.15, 0.2) is 12.3 Å². The molecule has 1 fully saturated rings. The zero-order chi connectivity index (χ0) is 14.0. The van der Waals surface area contributed by atoms with Gasteiger partial charge < -0.3 is 10.3 Å². The van der Waals surface area contributed by atoms with E-state index in [1.165, 1.54) is 0 Å². The van der Waals surface area contributed by atoms with Gasteiger partial charge in [-0.05, 0) is 31.7 Å². The third kappa shape index (κ3) is 3.23. The number of pyridine rings is 1. The first kappa shape index (κ1) is 13.8. The van der Waals surface area contributed by atoms with Gasteiger partial charge >= 0.3 is 0 Å². The zero-order valence-corrected chi connectivity index (χ0v) is 11.8. The number of nitrogen functional groups attached to an aromatic ring is 1. The van der Waals surface area contributed by atoms with Crippen LogP contribution in [0.1, 0.15) is 42.7 Å². The smallest absolute Gasteiger partial charge is 0.257 e. The molecule has 0 saturated heterocycles. The van der Waals surface area contributed by atoms with Crippen molar-refractivity contribution in [2.75, 3.05) is 12.0 Å². The SMILES string of the molecule is Cc1cc(NN)c(C(=O)N(CC(C)C)C2CC2)cn1. The summed E-state index contributed by atoms with van der Waals surface area (Å²) in [7, 11) is 0. The second kappa shape index (κ2) is 5.57. The number of hydrazine groups is 1. The normalized spacial score (nSPS) is 14.6. The van der Waals surface area contributed by atoms with Crippen LogP contribution in [0.5, 0.6) is 0 Å². The van der Waals surface area contributed by atoms with E-state index in [-0.39, 0.29) is 5.91 Å². The fourth-order valence-corrected chi connectivity index (χ4v) is 2.18. The number of aromatic nitrogens is 1. The fraction of sp³-hybridized carbons (Fsp3) is 0.571. The molecule has 19 heavy (non-hydrogen) atoms. The molecule has 1 aliphatic rings. The van der Waals surface area contributed by atoms with Gasteiger partial charge in [-0.3, -0.25) is 15.6 Å². The minimum absolute atomic E-state index is 0.0247. The molecule has 1 heterocycles. The number of carbonyl (C=O) groups excluding carboxylic acids is 1. The highest BCUT2D eigenvalue weighted by atomic mass is 16.2. The predicted octanol–water partition coefficient (Wildman–Crippen LogP) is 1.94. The number of anilines is 1. The van der Waals surface area contributed by atoms with E-state index in [4.69, 9.17) is 5.84 Å². The number of rotatable bonds is 5. The van der Waals surface area contributed by atoms with Crippen molar-refractivity contribution in [1.82, 2.24) is 9.88 Å². The molecular weight excluding hydrogens is 240 g/mol. The van der Waals surface area contributed by atoms with Crippen LogP contribution in [0.2, 0.25) is 0 Å². The molecule has 1 amide bonds. The largest absolute Gasteiger partial charge is 0.335 e. The summed E-state index contributed by atoms with van der Waals surface area (Å²) >= 11 is 0. The average molecular weight is 262 g/mol. The molecule has 0 atom stereocenters. The van der Waals surface area contributed by atoms with Crippen LogP contribution in [-0.2, 0) is 0 Å². The number of hydrogen-bond acceptors (Lipinski definition) is 4. The summed E-state index contributed by atoms with van der Waals surface area (Å²) in [5, 5.41) is 0. The number of nitrogens with zero attached hydrogens (tertiary/aromatic N) is 2. The Labute approximate surface area is 114 Å². The molecule has 2 rings (SSSR count). The van der Waals surface area contributed by atoms with Crippen molar-refractivity contribution in [1.29, 1.82) is 0 Å². The van der Waals surface area contributed by atoms with Gasteiger partial charge in [0.2, 0.25) is 0 Å². The summed E-state index contributed by atoms with van der Waals surface area (Å²) in [5.74, 6) is 5.98. The molecule has 5 heteroatoms. The Balaban J connectivity index is 2.25. The number of aryl methyl sites for hydroxylation is 1. The van der Waals surface area contributed by atoms with Gasteiger partial charge in [0, 0.05) is 24.5 Å². The minimum atomic E-state index is 0.0247. The van der Waals surface area contributed by atoms with Crippen LogP contribution in [0.3, 0.4) is 0 Å². The van der Waals surface area contributed by atoms with Gasteiger partial charge in [-0.2, -0.15) is 0 Å². The van der Waals surface area contributed by atoms with E-state index in [0.717, 1.165) is 25.1 Å². The number of nitrogens with one attached hydrogen (secondary N) is 1. The lowest BCUT2D eigenvalue weighted by molar-refractivity contribution is 0.0723. The standard InChI is InChI=1S/C14H22N4O/c1-9(2)8-18(11-4-5-11)14(19)12-7-16-10(3)6-13(12)17-15/h6-7,9,11H,4-5,8,15H2,1-3H3,(H,16,17). The van der Waals surface area contributed by atoms with Crippen LogP contribution in [0.4, 0.5) is 5.69 Å². The zero-order valence-electron chi connectivity index (χ0n) is 11.8. The molecule has 1 aliphatic carbocycles. The fourth-order valence-electron chi connectivity index (χ4n) is 2.18. The minimum Gasteiger partial charge on any atom is -0.335 e. The van der Waals surface area contributed by atoms with Crippen LogP contribution >= 0.6 is 0 Å². The quantitative estimate of drug-likeness (QED) is 0.628. The molecule has 0 bridgehead atoms. The van der Waals surface area contributed by atoms with Gasteiger partial charge in [0.1, 0.15) is 0 Å². The Kier molecular flexibility index (Phi) is 4.04. The van der Waals surface area contributed by atoms with Crippen molar-refractivity contribution in [3.63, 3.8) is 0 Å². The molecule has 0 aromatic carbocycles. The lowest BCUT2D eigenvalue weighted by Crippen LogP contribution is -2.36. The van der Waals surface area contributed by atoms with Gasteiger partial charge in [-0.25, -0.2) is 0 Å². The summed E-state index contributed by atoms with van der Waals surface area (Å²) in [6.45, 7) is 6.90. The van der Waals surface area contributed by atoms with Crippen LogP contribution in [0, 0.1) is 12.8 Å². The molecular formula is C14H22N4O. The van der Waals surface area contributed by atoms with Crippen LogP contribution in [0.25, 0.3) is 0 Å². The molecule has 1 aromatic heterocycles. The van der Waals surface area contributed by atoms with E-state index in [0.29, 0.717) is 23.2 Å². The first-order valence-electron chi connectivity index (χ1n) is 6.77. The average Bonchev–Trinajstić information content (AvgIpc) is 3.19. The maximum absolute atomic E-state index is 12.6. The van der Waals surface area contributed by atoms with Gasteiger partial charge in [0.15, 0.2) is 0 Å². The van der Waals surface area contributed by atoms with Gasteiger partial charge in [-0.1, -0.05) is 13.8 Å². The summed E-state index contributed by atoms with van der Waals surface area (Å²) in [4.78, 5) is 18.8. The third-order valence-corrected chi connectivity index (χ3v) is 3.24. The Morgan fingerprint density at radius 1 is 1.58 bits per heavy atom. The molecule has 5 nitrogen and oxygen atoms in total. The predicted molar refractivity (Wildman–Crippen MR) is 75.7 cm³/mol. The Morgan fingerprint density at radius 3 is 2.79 bits per heavy atom. The summed E-state index contributed by atoms with van der Waals surface area (Å²) in [5.41, 5.74) is 4.64. The summed E-state index contributed by atoms with van der Waals surface area (Å²) in [6, 6.07) is 2.19. The van der Waals surface area contributed by atoms with E-state index in [9.17, 15) is 4.79 Å². The van der Waals surface area contributed by atoms with Crippen molar-refractivity contribution < 1.29 is 4.79 Å². The lowest BCUT2D eigenvalue weighted by atomic mass is 10.1. The highest BCUT2D eigenvalue weighted by Crippen LogP contribution is 2.30. The number of amides is 1. The Hall–Kier alpha value is -1.62. The maximum Gasteiger partial charge on any atom is 0.257 e. The third-order valence-electron chi connectivity index (χ3n) is 3.24. The maximum atomic E-state index is 12.6. The molecule has 3 N–H and O–H groups in total. The Bertz CT molecular complexity index is 469. The van der Waals surface area contributed by atoms with E-state index in [2.05, 4.69) is 24.3 Å². The summed E-state index contributed by atoms with van der Waals surface area (Å²) < 4.78 is 0. The number of nitrogens with two attached hydrogens (primary N) is 1. The number of carbonyl (C=O) groups is 1. The van der Waals surface area contributed by atoms with E-state index < -0.39 is 0 Å². The van der Waals surface area contributed by atoms with Crippen LogP contribution in [-0.4, -0.2) is 28.4 Å². The van der Waals surface area contributed by atoms with Gasteiger partial charge in [-0.15, -0.1) is 0 Å². The molecule has 1 saturated carbocycles. The van der Waals surface area contributed by atoms with Crippen molar-refractivity contribution in [2.24, 2.45) is 11.8 Å². The molecule has 0 unspecified atom stereocenters. The first-order chi connectivity index (χ1) is 9.02. The van der Waals surface area contributed by atoms with Crippen molar-refractivity contribution >= 4 is 11.6 Å². The molecule has 0 radical (unpaired) electrons. The monoisotopic (exact) mass is 262 g/mol. The van der Waals surface area contributed by atoms with E-state index in [1.807, 2.05) is 11.8 Å². The second-order valence-corrected chi connectivity index (χ2v) is 5.60.